The number of benzene rings is 1. The molecule has 0 heterocycles. The molecule has 110 valence electrons. The molecule has 3 N–H and O–H groups in total. The molecule has 0 spiro atoms. The molecule has 0 aliphatic heterocycles. The molecule has 4 nitrogen and oxygen atoms in total. The van der Waals surface area contributed by atoms with Gasteiger partial charge in [-0.2, -0.15) is 0 Å². The third kappa shape index (κ3) is 3.44. The first-order valence-corrected chi connectivity index (χ1v) is 7.33. The lowest BCUT2D eigenvalue weighted by molar-refractivity contribution is 0.121. The van der Waals surface area contributed by atoms with Gasteiger partial charge in [0.05, 0.1) is 18.8 Å². The fourth-order valence-electron chi connectivity index (χ4n) is 2.85. The van der Waals surface area contributed by atoms with Crippen molar-refractivity contribution in [3.63, 3.8) is 0 Å². The highest BCUT2D eigenvalue weighted by Gasteiger charge is 2.23. The van der Waals surface area contributed by atoms with E-state index in [0.29, 0.717) is 11.3 Å². The standard InChI is InChI=1S/C16H24N2O2/c1-3-11-5-4-6-13(9-11)20-15-10-12(19-2)7-8-14(15)16(17)18/h7-8,10-11,13H,3-6,9H2,1-2H3,(H3,17,18). The number of nitrogen functional groups attached to an aromatic ring is 1. The van der Waals surface area contributed by atoms with Crippen LogP contribution in [0.4, 0.5) is 0 Å². The average molecular weight is 276 g/mol. The number of amidine groups is 1. The predicted molar refractivity (Wildman–Crippen MR) is 80.7 cm³/mol. The van der Waals surface area contributed by atoms with E-state index in [0.717, 1.165) is 24.5 Å². The van der Waals surface area contributed by atoms with E-state index in [-0.39, 0.29) is 11.9 Å². The van der Waals surface area contributed by atoms with Gasteiger partial charge in [-0.25, -0.2) is 0 Å². The van der Waals surface area contributed by atoms with E-state index in [1.54, 1.807) is 19.2 Å². The second-order valence-corrected chi connectivity index (χ2v) is 5.46. The normalized spacial score (nSPS) is 22.3. The maximum absolute atomic E-state index is 7.65. The summed E-state index contributed by atoms with van der Waals surface area (Å²) in [6.07, 6.45) is 6.10. The summed E-state index contributed by atoms with van der Waals surface area (Å²) in [4.78, 5) is 0. The van der Waals surface area contributed by atoms with Crippen molar-refractivity contribution in [2.75, 3.05) is 7.11 Å². The maximum atomic E-state index is 7.65. The zero-order valence-corrected chi connectivity index (χ0v) is 12.3. The van der Waals surface area contributed by atoms with Crippen LogP contribution in [0, 0.1) is 11.3 Å². The highest BCUT2D eigenvalue weighted by atomic mass is 16.5. The summed E-state index contributed by atoms with van der Waals surface area (Å²) in [5, 5.41) is 7.65. The summed E-state index contributed by atoms with van der Waals surface area (Å²) in [7, 11) is 1.63. The fraction of sp³-hybridized carbons (Fsp3) is 0.562. The van der Waals surface area contributed by atoms with E-state index >= 15 is 0 Å². The number of nitrogens with two attached hydrogens (primary N) is 1. The Hall–Kier alpha value is -1.71. The van der Waals surface area contributed by atoms with Gasteiger partial charge in [-0.05, 0) is 37.3 Å². The summed E-state index contributed by atoms with van der Waals surface area (Å²) in [5.74, 6) is 2.18. The van der Waals surface area contributed by atoms with Crippen LogP contribution < -0.4 is 15.2 Å². The number of ether oxygens (including phenoxy) is 2. The number of hydrogen-bond acceptors (Lipinski definition) is 3. The quantitative estimate of drug-likeness (QED) is 0.640. The van der Waals surface area contributed by atoms with Gasteiger partial charge < -0.3 is 15.2 Å². The maximum Gasteiger partial charge on any atom is 0.134 e. The van der Waals surface area contributed by atoms with Crippen molar-refractivity contribution < 1.29 is 9.47 Å². The molecule has 2 rings (SSSR count). The number of methoxy groups -OCH3 is 1. The second-order valence-electron chi connectivity index (χ2n) is 5.46. The molecular formula is C16H24N2O2. The Labute approximate surface area is 120 Å². The Morgan fingerprint density at radius 1 is 1.40 bits per heavy atom. The predicted octanol–water partition coefficient (Wildman–Crippen LogP) is 3.33. The van der Waals surface area contributed by atoms with Gasteiger partial charge in [-0.3, -0.25) is 5.41 Å². The Balaban J connectivity index is 2.16. The summed E-state index contributed by atoms with van der Waals surface area (Å²) in [6.45, 7) is 2.24. The van der Waals surface area contributed by atoms with Gasteiger partial charge in [0, 0.05) is 6.07 Å². The molecule has 0 radical (unpaired) electrons. The fourth-order valence-corrected chi connectivity index (χ4v) is 2.85. The molecule has 1 saturated carbocycles. The van der Waals surface area contributed by atoms with Crippen molar-refractivity contribution in [3.05, 3.63) is 23.8 Å². The van der Waals surface area contributed by atoms with Crippen molar-refractivity contribution in [2.45, 2.75) is 45.1 Å². The van der Waals surface area contributed by atoms with Crippen molar-refractivity contribution in [2.24, 2.45) is 11.7 Å². The molecule has 1 fully saturated rings. The van der Waals surface area contributed by atoms with Gasteiger partial charge in [0.15, 0.2) is 0 Å². The molecule has 0 bridgehead atoms. The first kappa shape index (κ1) is 14.7. The molecule has 2 atom stereocenters. The van der Waals surface area contributed by atoms with Crippen molar-refractivity contribution in [1.82, 2.24) is 0 Å². The van der Waals surface area contributed by atoms with Crippen molar-refractivity contribution >= 4 is 5.84 Å². The Bertz CT molecular complexity index is 474. The second kappa shape index (κ2) is 6.64. The van der Waals surface area contributed by atoms with Crippen LogP contribution in [-0.4, -0.2) is 19.0 Å². The first-order valence-electron chi connectivity index (χ1n) is 7.33. The molecule has 0 aromatic heterocycles. The van der Waals surface area contributed by atoms with E-state index in [2.05, 4.69) is 6.92 Å². The molecule has 20 heavy (non-hydrogen) atoms. The lowest BCUT2D eigenvalue weighted by Crippen LogP contribution is -2.26. The molecule has 0 amide bonds. The number of hydrogen-bond donors (Lipinski definition) is 2. The van der Waals surface area contributed by atoms with Gasteiger partial charge in [0.2, 0.25) is 0 Å². The number of nitrogens with one attached hydrogen (secondary N) is 1. The molecule has 1 aromatic rings. The molecular weight excluding hydrogens is 252 g/mol. The Morgan fingerprint density at radius 2 is 2.20 bits per heavy atom. The Morgan fingerprint density at radius 3 is 2.85 bits per heavy atom. The summed E-state index contributed by atoms with van der Waals surface area (Å²) in [5.41, 5.74) is 6.27. The van der Waals surface area contributed by atoms with Crippen LogP contribution in [0.1, 0.15) is 44.6 Å². The van der Waals surface area contributed by atoms with Crippen LogP contribution in [0.15, 0.2) is 18.2 Å². The van der Waals surface area contributed by atoms with Crippen LogP contribution >= 0.6 is 0 Å². The van der Waals surface area contributed by atoms with Crippen molar-refractivity contribution in [1.29, 1.82) is 5.41 Å². The van der Waals surface area contributed by atoms with E-state index in [1.807, 2.05) is 6.07 Å². The van der Waals surface area contributed by atoms with Crippen LogP contribution in [0.25, 0.3) is 0 Å². The minimum Gasteiger partial charge on any atom is -0.497 e. The smallest absolute Gasteiger partial charge is 0.134 e. The van der Waals surface area contributed by atoms with E-state index in [1.165, 1.54) is 19.3 Å². The van der Waals surface area contributed by atoms with Gasteiger partial charge >= 0.3 is 0 Å². The molecule has 1 aliphatic rings. The Kier molecular flexibility index (Phi) is 4.88. The molecule has 0 saturated heterocycles. The zero-order valence-electron chi connectivity index (χ0n) is 12.3. The molecule has 4 heteroatoms. The lowest BCUT2D eigenvalue weighted by Gasteiger charge is -2.29. The first-order chi connectivity index (χ1) is 9.63. The van der Waals surface area contributed by atoms with E-state index < -0.39 is 0 Å². The SMILES string of the molecule is CCC1CCCC(Oc2cc(OC)ccc2C(=N)N)C1. The number of rotatable bonds is 5. The van der Waals surface area contributed by atoms with Crippen LogP contribution in [-0.2, 0) is 0 Å². The highest BCUT2D eigenvalue weighted by Crippen LogP contribution is 2.32. The molecule has 1 aliphatic carbocycles. The summed E-state index contributed by atoms with van der Waals surface area (Å²) in [6, 6.07) is 5.42. The molecule has 2 unspecified atom stereocenters. The van der Waals surface area contributed by atoms with Crippen LogP contribution in [0.5, 0.6) is 11.5 Å². The van der Waals surface area contributed by atoms with Gasteiger partial charge in [0.25, 0.3) is 0 Å². The van der Waals surface area contributed by atoms with Crippen LogP contribution in [0.3, 0.4) is 0 Å². The lowest BCUT2D eigenvalue weighted by atomic mass is 9.85. The van der Waals surface area contributed by atoms with E-state index in [4.69, 9.17) is 20.6 Å². The van der Waals surface area contributed by atoms with Crippen LogP contribution in [0.2, 0.25) is 0 Å². The third-order valence-corrected chi connectivity index (χ3v) is 4.08. The largest absolute Gasteiger partial charge is 0.497 e. The third-order valence-electron chi connectivity index (χ3n) is 4.08. The van der Waals surface area contributed by atoms with E-state index in [9.17, 15) is 0 Å². The molecule has 1 aromatic carbocycles. The minimum absolute atomic E-state index is 0.0329. The highest BCUT2D eigenvalue weighted by molar-refractivity contribution is 5.97. The summed E-state index contributed by atoms with van der Waals surface area (Å²) < 4.78 is 11.4. The monoisotopic (exact) mass is 276 g/mol. The minimum atomic E-state index is 0.0329. The zero-order chi connectivity index (χ0) is 14.5. The van der Waals surface area contributed by atoms with Crippen molar-refractivity contribution in [3.8, 4) is 11.5 Å². The topological polar surface area (TPSA) is 68.3 Å². The van der Waals surface area contributed by atoms with Gasteiger partial charge in [0.1, 0.15) is 17.3 Å². The summed E-state index contributed by atoms with van der Waals surface area (Å²) >= 11 is 0. The average Bonchev–Trinajstić information content (AvgIpc) is 2.47. The van der Waals surface area contributed by atoms with Gasteiger partial charge in [-0.1, -0.05) is 19.8 Å². The van der Waals surface area contributed by atoms with Gasteiger partial charge in [-0.15, -0.1) is 0 Å².